The highest BCUT2D eigenvalue weighted by Crippen LogP contribution is 2.36. The number of hydrogen-bond acceptors (Lipinski definition) is 13. The van der Waals surface area contributed by atoms with Crippen molar-refractivity contribution in [2.75, 3.05) is 37.5 Å². The molecule has 17 heteroatoms. The summed E-state index contributed by atoms with van der Waals surface area (Å²) in [6.07, 6.45) is -6.36. The van der Waals surface area contributed by atoms with Crippen LogP contribution in [-0.2, 0) is 39.7 Å². The second-order valence-corrected chi connectivity index (χ2v) is 9.84. The number of nitrogens with two attached hydrogens (primary N) is 1. The van der Waals surface area contributed by atoms with Crippen molar-refractivity contribution in [2.24, 2.45) is 0 Å². The van der Waals surface area contributed by atoms with Crippen molar-refractivity contribution in [1.29, 1.82) is 0 Å². The number of ether oxygens (including phenoxy) is 5. The van der Waals surface area contributed by atoms with E-state index in [1.54, 1.807) is 32.9 Å². The quantitative estimate of drug-likeness (QED) is 0.113. The number of benzene rings is 1. The van der Waals surface area contributed by atoms with E-state index < -0.39 is 54.8 Å². The maximum absolute atomic E-state index is 15.4. The number of esters is 2. The minimum Gasteiger partial charge on any atom is -0.463 e. The summed E-state index contributed by atoms with van der Waals surface area (Å²) in [5.74, 6) is -2.16. The molecule has 1 amide bonds. The fraction of sp³-hybridized carbons (Fsp3) is 0.481. The van der Waals surface area contributed by atoms with Gasteiger partial charge in [-0.05, 0) is 50.1 Å². The maximum atomic E-state index is 15.4. The number of aromatic nitrogens is 4. The van der Waals surface area contributed by atoms with Crippen LogP contribution in [0.3, 0.4) is 0 Å². The van der Waals surface area contributed by atoms with Gasteiger partial charge in [0.2, 0.25) is 5.28 Å². The number of alkyl halides is 1. The summed E-state index contributed by atoms with van der Waals surface area (Å²) in [5, 5.41) is 13.1. The zero-order valence-corrected chi connectivity index (χ0v) is 24.8. The summed E-state index contributed by atoms with van der Waals surface area (Å²) in [4.78, 5) is 50.3. The van der Waals surface area contributed by atoms with Crippen molar-refractivity contribution in [3.8, 4) is 0 Å². The lowest BCUT2D eigenvalue weighted by molar-refractivity contribution is -0.197. The zero-order valence-electron chi connectivity index (χ0n) is 24.1. The number of carbonyl (C=O) groups excluding carboxylic acids is 3. The highest BCUT2D eigenvalue weighted by atomic mass is 35.5. The molecule has 3 aromatic rings. The van der Waals surface area contributed by atoms with E-state index in [0.29, 0.717) is 11.3 Å². The second kappa shape index (κ2) is 14.1. The van der Waals surface area contributed by atoms with Crippen LogP contribution in [0.25, 0.3) is 11.2 Å². The fourth-order valence-electron chi connectivity index (χ4n) is 4.56. The molecule has 0 spiro atoms. The third-order valence-electron chi connectivity index (χ3n) is 6.62. The molecule has 0 radical (unpaired) electrons. The number of imidazole rings is 1. The van der Waals surface area contributed by atoms with E-state index in [9.17, 15) is 19.5 Å². The molecule has 1 aromatic carbocycles. The van der Waals surface area contributed by atoms with E-state index in [1.807, 2.05) is 0 Å². The van der Waals surface area contributed by atoms with Crippen molar-refractivity contribution in [3.05, 3.63) is 41.4 Å². The Morgan fingerprint density at radius 3 is 2.34 bits per heavy atom. The minimum absolute atomic E-state index is 0.0362. The van der Waals surface area contributed by atoms with Gasteiger partial charge in [0.25, 0.3) is 5.60 Å². The summed E-state index contributed by atoms with van der Waals surface area (Å²) in [5.41, 5.74) is 4.52. The van der Waals surface area contributed by atoms with Crippen LogP contribution >= 0.6 is 11.6 Å². The first kappa shape index (κ1) is 32.8. The largest absolute Gasteiger partial charge is 0.463 e. The summed E-state index contributed by atoms with van der Waals surface area (Å²) in [6.45, 7) is 4.13. The number of carbonyl (C=O) groups is 3. The first-order chi connectivity index (χ1) is 21.0. The van der Waals surface area contributed by atoms with Crippen molar-refractivity contribution < 1.29 is 47.6 Å². The number of nitrogen functional groups attached to an aromatic ring is 1. The molecule has 1 aliphatic heterocycles. The van der Waals surface area contributed by atoms with Crippen molar-refractivity contribution in [1.82, 2.24) is 19.5 Å². The number of aliphatic hydroxyl groups is 1. The van der Waals surface area contributed by atoms with E-state index in [4.69, 9.17) is 41.0 Å². The third kappa shape index (κ3) is 6.83. The molecular weight excluding hydrogens is 607 g/mol. The minimum atomic E-state index is -2.36. The second-order valence-electron chi connectivity index (χ2n) is 9.50. The molecule has 0 bridgehead atoms. The van der Waals surface area contributed by atoms with Crippen molar-refractivity contribution in [2.45, 2.75) is 57.4 Å². The molecule has 1 fully saturated rings. The molecule has 1 aliphatic rings. The molecule has 3 heterocycles. The summed E-state index contributed by atoms with van der Waals surface area (Å²) in [6, 6.07) is 6.17. The highest BCUT2D eigenvalue weighted by Gasteiger charge is 2.53. The van der Waals surface area contributed by atoms with Crippen LogP contribution < -0.4 is 11.1 Å². The molecule has 4 N–H and O–H groups in total. The lowest BCUT2D eigenvalue weighted by atomic mass is 9.93. The Labute approximate surface area is 255 Å². The van der Waals surface area contributed by atoms with Crippen molar-refractivity contribution >= 4 is 52.3 Å². The molecule has 2 aromatic heterocycles. The van der Waals surface area contributed by atoms with E-state index in [1.165, 1.54) is 23.0 Å². The van der Waals surface area contributed by atoms with Crippen LogP contribution in [0.4, 0.5) is 20.7 Å². The van der Waals surface area contributed by atoms with E-state index in [0.717, 1.165) is 0 Å². The van der Waals surface area contributed by atoms with Gasteiger partial charge >= 0.3 is 18.0 Å². The number of aliphatic hydroxyl groups excluding tert-OH is 1. The lowest BCUT2D eigenvalue weighted by Crippen LogP contribution is -2.54. The topological polar surface area (TPSA) is 199 Å². The number of rotatable bonds is 12. The average molecular weight is 639 g/mol. The number of fused-ring (bicyclic) bond motifs is 1. The highest BCUT2D eigenvalue weighted by molar-refractivity contribution is 6.28. The first-order valence-electron chi connectivity index (χ1n) is 13.7. The van der Waals surface area contributed by atoms with Gasteiger partial charge in [0.1, 0.15) is 17.7 Å². The van der Waals surface area contributed by atoms with Gasteiger partial charge < -0.3 is 34.5 Å². The summed E-state index contributed by atoms with van der Waals surface area (Å²) >= 11 is 5.91. The monoisotopic (exact) mass is 638 g/mol. The summed E-state index contributed by atoms with van der Waals surface area (Å²) in [7, 11) is 0. The Morgan fingerprint density at radius 1 is 1.09 bits per heavy atom. The van der Waals surface area contributed by atoms with Crippen LogP contribution in [0.2, 0.25) is 5.28 Å². The Kier molecular flexibility index (Phi) is 10.5. The number of nitrogens with one attached hydrogen (secondary N) is 1. The molecule has 0 aliphatic carbocycles. The Morgan fingerprint density at radius 2 is 1.73 bits per heavy atom. The molecule has 0 unspecified atom stereocenters. The standard InChI is InChI=1S/C27H32ClFN6O9/c1-4-40-23(37)27(24(38)41-5-2,11-14-7-9-15(10-8-14)32-26(39)42-6-3)43-12-16-19(36)17(29)22(44-16)35-13-31-18-20(30)33-25(28)34-21(18)35/h7-10,13,16-17,19,22,36H,4-6,11-12H2,1-3H3,(H,32,39)(H2,30,33,34)/t16-,17+,19-,22-/m1/s1. The molecule has 1 saturated heterocycles. The Hall–Kier alpha value is -4.12. The Balaban J connectivity index is 1.59. The molecule has 238 valence electrons. The zero-order chi connectivity index (χ0) is 32.0. The number of amides is 1. The van der Waals surface area contributed by atoms with Gasteiger partial charge in [0, 0.05) is 12.1 Å². The predicted octanol–water partition coefficient (Wildman–Crippen LogP) is 2.35. The fourth-order valence-corrected chi connectivity index (χ4v) is 4.73. The number of anilines is 2. The first-order valence-corrected chi connectivity index (χ1v) is 14.1. The average Bonchev–Trinajstić information content (AvgIpc) is 3.52. The lowest BCUT2D eigenvalue weighted by Gasteiger charge is -2.30. The summed E-state index contributed by atoms with van der Waals surface area (Å²) < 4.78 is 43.6. The van der Waals surface area contributed by atoms with E-state index in [-0.39, 0.29) is 48.5 Å². The number of halogens is 2. The Bertz CT molecular complexity index is 1470. The predicted molar refractivity (Wildman–Crippen MR) is 152 cm³/mol. The van der Waals surface area contributed by atoms with Crippen LogP contribution in [0.5, 0.6) is 0 Å². The number of nitrogens with zero attached hydrogens (tertiary/aromatic N) is 4. The molecular formula is C27H32ClFN6O9. The normalized spacial score (nSPS) is 20.0. The van der Waals surface area contributed by atoms with Gasteiger partial charge in [-0.15, -0.1) is 0 Å². The third-order valence-corrected chi connectivity index (χ3v) is 6.79. The van der Waals surface area contributed by atoms with Gasteiger partial charge in [-0.1, -0.05) is 12.1 Å². The number of hydrogen-bond donors (Lipinski definition) is 3. The molecule has 15 nitrogen and oxygen atoms in total. The van der Waals surface area contributed by atoms with Crippen LogP contribution in [0.1, 0.15) is 32.6 Å². The smallest absolute Gasteiger partial charge is 0.411 e. The van der Waals surface area contributed by atoms with E-state index >= 15 is 4.39 Å². The molecule has 4 atom stereocenters. The van der Waals surface area contributed by atoms with Crippen LogP contribution in [0, 0.1) is 0 Å². The van der Waals surface area contributed by atoms with Gasteiger partial charge in [0.15, 0.2) is 23.9 Å². The molecule has 4 rings (SSSR count). The van der Waals surface area contributed by atoms with Gasteiger partial charge in [0.05, 0.1) is 32.8 Å². The van der Waals surface area contributed by atoms with Crippen molar-refractivity contribution in [3.63, 3.8) is 0 Å². The van der Waals surface area contributed by atoms with Gasteiger partial charge in [-0.2, -0.15) is 9.97 Å². The maximum Gasteiger partial charge on any atom is 0.411 e. The van der Waals surface area contributed by atoms with Crippen LogP contribution in [-0.4, -0.2) is 93.1 Å². The molecule has 0 saturated carbocycles. The van der Waals surface area contributed by atoms with Gasteiger partial charge in [-0.3, -0.25) is 9.88 Å². The molecule has 44 heavy (non-hydrogen) atoms. The van der Waals surface area contributed by atoms with E-state index in [2.05, 4.69) is 20.3 Å². The SMILES string of the molecule is CCOC(=O)Nc1ccc(CC(OC[C@H]2O[C@@H](n3cnc4c(N)nc(Cl)nc43)[C@@H](F)[C@@H]2O)(C(=O)OCC)C(=O)OCC)cc1. The van der Waals surface area contributed by atoms with Crippen LogP contribution in [0.15, 0.2) is 30.6 Å². The van der Waals surface area contributed by atoms with Gasteiger partial charge in [-0.25, -0.2) is 23.8 Å².